The Bertz CT molecular complexity index is 436. The summed E-state index contributed by atoms with van der Waals surface area (Å²) in [7, 11) is 1.72. The van der Waals surface area contributed by atoms with Crippen LogP contribution in [0.1, 0.15) is 37.3 Å². The minimum Gasteiger partial charge on any atom is -0.496 e. The summed E-state index contributed by atoms with van der Waals surface area (Å²) in [6.45, 7) is 0. The zero-order valence-electron chi connectivity index (χ0n) is 10.7. The average molecular weight is 310 g/mol. The van der Waals surface area contributed by atoms with Gasteiger partial charge in [-0.15, -0.1) is 0 Å². The van der Waals surface area contributed by atoms with Crippen LogP contribution >= 0.6 is 15.9 Å². The van der Waals surface area contributed by atoms with Crippen molar-refractivity contribution in [1.29, 1.82) is 0 Å². The predicted molar refractivity (Wildman–Crippen MR) is 76.6 cm³/mol. The molecule has 0 heterocycles. The Morgan fingerprint density at radius 1 is 1.28 bits per heavy atom. The van der Waals surface area contributed by atoms with Crippen LogP contribution in [0.15, 0.2) is 22.7 Å². The van der Waals surface area contributed by atoms with Gasteiger partial charge in [-0.1, -0.05) is 28.8 Å². The maximum atomic E-state index is 6.50. The average Bonchev–Trinajstić information content (AvgIpc) is 3.12. The normalized spacial score (nSPS) is 31.6. The molecule has 2 fully saturated rings. The fraction of sp³-hybridized carbons (Fsp3) is 0.600. The van der Waals surface area contributed by atoms with E-state index in [0.29, 0.717) is 5.92 Å². The van der Waals surface area contributed by atoms with Crippen LogP contribution in [0.25, 0.3) is 0 Å². The van der Waals surface area contributed by atoms with Gasteiger partial charge in [0.05, 0.1) is 7.11 Å². The molecule has 98 valence electrons. The summed E-state index contributed by atoms with van der Waals surface area (Å²) in [6.07, 6.45) is 5.53. The summed E-state index contributed by atoms with van der Waals surface area (Å²) in [5.74, 6) is 3.35. The van der Waals surface area contributed by atoms with Crippen LogP contribution in [0.2, 0.25) is 0 Å². The molecule has 3 atom stereocenters. The van der Waals surface area contributed by atoms with Crippen molar-refractivity contribution < 1.29 is 4.74 Å². The Morgan fingerprint density at radius 3 is 2.56 bits per heavy atom. The van der Waals surface area contributed by atoms with Gasteiger partial charge in [0.25, 0.3) is 0 Å². The van der Waals surface area contributed by atoms with E-state index < -0.39 is 0 Å². The summed E-state index contributed by atoms with van der Waals surface area (Å²) in [5.41, 5.74) is 7.66. The number of ether oxygens (including phenoxy) is 1. The predicted octanol–water partition coefficient (Wildman–Crippen LogP) is 3.89. The van der Waals surface area contributed by atoms with E-state index >= 15 is 0 Å². The SMILES string of the molecule is COc1ccc(Br)cc1C(N)C1C2CCCCC21. The third-order valence-electron chi connectivity index (χ3n) is 4.69. The van der Waals surface area contributed by atoms with Crippen molar-refractivity contribution in [2.45, 2.75) is 31.7 Å². The molecule has 2 nitrogen and oxygen atoms in total. The minimum absolute atomic E-state index is 0.130. The van der Waals surface area contributed by atoms with Crippen LogP contribution in [0, 0.1) is 17.8 Å². The van der Waals surface area contributed by atoms with E-state index in [1.165, 1.54) is 25.7 Å². The van der Waals surface area contributed by atoms with Crippen LogP contribution in [-0.4, -0.2) is 7.11 Å². The highest BCUT2D eigenvalue weighted by Gasteiger charge is 2.53. The van der Waals surface area contributed by atoms with Crippen molar-refractivity contribution >= 4 is 15.9 Å². The van der Waals surface area contributed by atoms with Crippen molar-refractivity contribution in [1.82, 2.24) is 0 Å². The van der Waals surface area contributed by atoms with Crippen LogP contribution in [-0.2, 0) is 0 Å². The molecule has 2 N–H and O–H groups in total. The molecule has 18 heavy (non-hydrogen) atoms. The first-order valence-corrected chi connectivity index (χ1v) is 7.60. The molecular weight excluding hydrogens is 290 g/mol. The van der Waals surface area contributed by atoms with E-state index in [1.54, 1.807) is 7.11 Å². The zero-order chi connectivity index (χ0) is 12.7. The van der Waals surface area contributed by atoms with Gasteiger partial charge in [0, 0.05) is 16.1 Å². The Morgan fingerprint density at radius 2 is 1.94 bits per heavy atom. The molecule has 3 rings (SSSR count). The van der Waals surface area contributed by atoms with Crippen LogP contribution in [0.4, 0.5) is 0 Å². The second kappa shape index (κ2) is 4.86. The first kappa shape index (κ1) is 12.5. The molecule has 0 saturated heterocycles. The van der Waals surface area contributed by atoms with Gasteiger partial charge in [-0.3, -0.25) is 0 Å². The second-order valence-electron chi connectivity index (χ2n) is 5.60. The van der Waals surface area contributed by atoms with Gasteiger partial charge < -0.3 is 10.5 Å². The fourth-order valence-corrected chi connectivity index (χ4v) is 4.13. The van der Waals surface area contributed by atoms with E-state index in [1.807, 2.05) is 12.1 Å². The van der Waals surface area contributed by atoms with Crippen molar-refractivity contribution in [2.75, 3.05) is 7.11 Å². The van der Waals surface area contributed by atoms with Gasteiger partial charge >= 0.3 is 0 Å². The first-order valence-electron chi connectivity index (χ1n) is 6.81. The molecule has 2 aliphatic rings. The molecule has 1 aromatic rings. The third kappa shape index (κ3) is 2.08. The van der Waals surface area contributed by atoms with Crippen LogP contribution < -0.4 is 10.5 Å². The highest BCUT2D eigenvalue weighted by molar-refractivity contribution is 9.10. The molecule has 0 bridgehead atoms. The van der Waals surface area contributed by atoms with E-state index in [-0.39, 0.29) is 6.04 Å². The third-order valence-corrected chi connectivity index (χ3v) is 5.18. The Balaban J connectivity index is 1.84. The van der Waals surface area contributed by atoms with Gasteiger partial charge in [0.1, 0.15) is 5.75 Å². The lowest BCUT2D eigenvalue weighted by molar-refractivity contribution is 0.400. The number of methoxy groups -OCH3 is 1. The largest absolute Gasteiger partial charge is 0.496 e. The maximum Gasteiger partial charge on any atom is 0.123 e. The van der Waals surface area contributed by atoms with E-state index in [0.717, 1.165) is 27.6 Å². The Hall–Kier alpha value is -0.540. The number of fused-ring (bicyclic) bond motifs is 1. The molecule has 2 saturated carbocycles. The lowest BCUT2D eigenvalue weighted by atomic mass is 10.00. The molecular formula is C15H20BrNO. The van der Waals surface area contributed by atoms with Crippen molar-refractivity contribution in [3.8, 4) is 5.75 Å². The van der Waals surface area contributed by atoms with Crippen molar-refractivity contribution in [2.24, 2.45) is 23.5 Å². The van der Waals surface area contributed by atoms with Gasteiger partial charge in [-0.05, 0) is 48.8 Å². The van der Waals surface area contributed by atoms with Gasteiger partial charge in [-0.2, -0.15) is 0 Å². The summed E-state index contributed by atoms with van der Waals surface area (Å²) < 4.78 is 6.53. The second-order valence-corrected chi connectivity index (χ2v) is 6.52. The van der Waals surface area contributed by atoms with E-state index in [2.05, 4.69) is 22.0 Å². The Labute approximate surface area is 117 Å². The molecule has 0 aliphatic heterocycles. The summed E-state index contributed by atoms with van der Waals surface area (Å²) in [6, 6.07) is 6.26. The monoisotopic (exact) mass is 309 g/mol. The molecule has 0 spiro atoms. The van der Waals surface area contributed by atoms with E-state index in [4.69, 9.17) is 10.5 Å². The van der Waals surface area contributed by atoms with Crippen LogP contribution in [0.3, 0.4) is 0 Å². The number of rotatable bonds is 3. The van der Waals surface area contributed by atoms with Crippen LogP contribution in [0.5, 0.6) is 5.75 Å². The summed E-state index contributed by atoms with van der Waals surface area (Å²) in [4.78, 5) is 0. The smallest absolute Gasteiger partial charge is 0.123 e. The molecule has 1 aromatic carbocycles. The summed E-state index contributed by atoms with van der Waals surface area (Å²) in [5, 5.41) is 0. The Kier molecular flexibility index (Phi) is 3.37. The quantitative estimate of drug-likeness (QED) is 0.919. The van der Waals surface area contributed by atoms with E-state index in [9.17, 15) is 0 Å². The standard InChI is InChI=1S/C15H20BrNO/c1-18-13-7-6-9(16)8-12(13)15(17)14-10-4-2-3-5-11(10)14/h6-8,10-11,14-15H,2-5,17H2,1H3. The number of benzene rings is 1. The lowest BCUT2D eigenvalue weighted by Gasteiger charge is -2.16. The number of halogens is 1. The van der Waals surface area contributed by atoms with Gasteiger partial charge in [0.15, 0.2) is 0 Å². The molecule has 3 unspecified atom stereocenters. The number of hydrogen-bond acceptors (Lipinski definition) is 2. The maximum absolute atomic E-state index is 6.50. The summed E-state index contributed by atoms with van der Waals surface area (Å²) >= 11 is 3.53. The van der Waals surface area contributed by atoms with Crippen molar-refractivity contribution in [3.63, 3.8) is 0 Å². The highest BCUT2D eigenvalue weighted by atomic mass is 79.9. The molecule has 3 heteroatoms. The number of hydrogen-bond donors (Lipinski definition) is 1. The minimum atomic E-state index is 0.130. The first-order chi connectivity index (χ1) is 8.72. The topological polar surface area (TPSA) is 35.2 Å². The molecule has 0 amide bonds. The zero-order valence-corrected chi connectivity index (χ0v) is 12.3. The fourth-order valence-electron chi connectivity index (χ4n) is 3.75. The van der Waals surface area contributed by atoms with Crippen molar-refractivity contribution in [3.05, 3.63) is 28.2 Å². The van der Waals surface area contributed by atoms with Gasteiger partial charge in [0.2, 0.25) is 0 Å². The lowest BCUT2D eigenvalue weighted by Crippen LogP contribution is -2.15. The molecule has 0 radical (unpaired) electrons. The van der Waals surface area contributed by atoms with Gasteiger partial charge in [-0.25, -0.2) is 0 Å². The molecule has 0 aromatic heterocycles. The highest BCUT2D eigenvalue weighted by Crippen LogP contribution is 2.60. The molecule has 2 aliphatic carbocycles. The number of nitrogens with two attached hydrogens (primary N) is 1.